The summed E-state index contributed by atoms with van der Waals surface area (Å²) in [4.78, 5) is 6.35. The first-order chi connectivity index (χ1) is 3.79. The van der Waals surface area contributed by atoms with Gasteiger partial charge < -0.3 is 0 Å². The Hall–Kier alpha value is -0.510. The molecule has 0 bridgehead atoms. The average molecular weight is 176 g/mol. The maximum absolute atomic E-state index is 11.8. The van der Waals surface area contributed by atoms with Crippen molar-refractivity contribution in [3.05, 3.63) is 22.9 Å². The van der Waals surface area contributed by atoms with Crippen LogP contribution < -0.4 is 0 Å². The van der Waals surface area contributed by atoms with Crippen LogP contribution in [0.2, 0.25) is 0 Å². The van der Waals surface area contributed by atoms with E-state index in [0.717, 1.165) is 0 Å². The molecule has 0 atom stereocenters. The number of halogens is 2. The van der Waals surface area contributed by atoms with Crippen molar-refractivity contribution in [2.24, 2.45) is 0 Å². The minimum Gasteiger partial charge on any atom is -0.210 e. The Morgan fingerprint density at radius 1 is 1.75 bits per heavy atom. The van der Waals surface area contributed by atoms with Crippen LogP contribution >= 0.6 is 15.9 Å². The molecular formula is C4HBrFN2. The van der Waals surface area contributed by atoms with Crippen LogP contribution in [0.1, 0.15) is 0 Å². The van der Waals surface area contributed by atoms with Crippen molar-refractivity contribution in [2.75, 3.05) is 0 Å². The van der Waals surface area contributed by atoms with Crippen LogP contribution in [0.4, 0.5) is 4.39 Å². The molecule has 1 heterocycles. The molecule has 0 saturated carbocycles. The van der Waals surface area contributed by atoms with E-state index in [4.69, 9.17) is 0 Å². The van der Waals surface area contributed by atoms with Crippen LogP contribution in [0, 0.1) is 12.3 Å². The zero-order chi connectivity index (χ0) is 5.98. The summed E-state index contributed by atoms with van der Waals surface area (Å²) in [6.45, 7) is 0. The average Bonchev–Trinajstić information content (AvgIpc) is 1.77. The summed E-state index contributed by atoms with van der Waals surface area (Å²) in [5.41, 5.74) is 0. The quantitative estimate of drug-likeness (QED) is 0.554. The molecule has 41 valence electrons. The second-order valence-corrected chi connectivity index (χ2v) is 1.95. The minimum atomic E-state index is -0.756. The molecule has 2 nitrogen and oxygen atoms in total. The normalized spacial score (nSPS) is 9.25. The Labute approximate surface area is 53.9 Å². The third-order valence-electron chi connectivity index (χ3n) is 0.539. The van der Waals surface area contributed by atoms with Gasteiger partial charge in [-0.1, -0.05) is 0 Å². The zero-order valence-corrected chi connectivity index (χ0v) is 5.31. The van der Waals surface area contributed by atoms with Crippen molar-refractivity contribution in [3.63, 3.8) is 0 Å². The van der Waals surface area contributed by atoms with E-state index in [2.05, 4.69) is 32.1 Å². The van der Waals surface area contributed by atoms with E-state index in [1.54, 1.807) is 0 Å². The number of hydrogen-bond acceptors (Lipinski definition) is 2. The molecule has 0 aromatic carbocycles. The molecule has 0 aliphatic rings. The lowest BCUT2D eigenvalue weighted by Crippen LogP contribution is -1.84. The van der Waals surface area contributed by atoms with E-state index in [0.29, 0.717) is 4.47 Å². The monoisotopic (exact) mass is 175 g/mol. The van der Waals surface area contributed by atoms with Gasteiger partial charge in [-0.05, 0) is 15.9 Å². The number of nitrogens with zero attached hydrogens (tertiary/aromatic N) is 2. The molecule has 1 radical (unpaired) electrons. The standard InChI is InChI=1S/C4HBrFN2/c5-3-1-7-4(6)8-2-3/h1H. The molecule has 0 aliphatic carbocycles. The highest BCUT2D eigenvalue weighted by Crippen LogP contribution is 2.01. The van der Waals surface area contributed by atoms with Gasteiger partial charge >= 0.3 is 6.08 Å². The second kappa shape index (κ2) is 2.17. The van der Waals surface area contributed by atoms with Gasteiger partial charge in [-0.15, -0.1) is 0 Å². The summed E-state index contributed by atoms with van der Waals surface area (Å²) in [6, 6.07) is 0. The molecule has 0 fully saturated rings. The van der Waals surface area contributed by atoms with E-state index in [1.807, 2.05) is 0 Å². The summed E-state index contributed by atoms with van der Waals surface area (Å²) >= 11 is 3.00. The van der Waals surface area contributed by atoms with Crippen LogP contribution in [0.3, 0.4) is 0 Å². The fourth-order valence-corrected chi connectivity index (χ4v) is 0.458. The van der Waals surface area contributed by atoms with Gasteiger partial charge in [-0.2, -0.15) is 9.37 Å². The lowest BCUT2D eigenvalue weighted by Gasteiger charge is -1.82. The molecule has 1 aromatic rings. The predicted octanol–water partition coefficient (Wildman–Crippen LogP) is 1.18. The van der Waals surface area contributed by atoms with E-state index >= 15 is 0 Å². The van der Waals surface area contributed by atoms with Crippen molar-refractivity contribution >= 4 is 15.9 Å². The summed E-state index contributed by atoms with van der Waals surface area (Å²) in [7, 11) is 0. The van der Waals surface area contributed by atoms with Crippen molar-refractivity contribution in [3.8, 4) is 0 Å². The van der Waals surface area contributed by atoms with Crippen molar-refractivity contribution in [2.45, 2.75) is 0 Å². The number of rotatable bonds is 0. The third kappa shape index (κ3) is 1.23. The first-order valence-corrected chi connectivity index (χ1v) is 2.64. The van der Waals surface area contributed by atoms with Crippen molar-refractivity contribution in [1.29, 1.82) is 0 Å². The summed E-state index contributed by atoms with van der Waals surface area (Å²) in [6.07, 6.45) is 2.87. The highest BCUT2D eigenvalue weighted by Gasteiger charge is 1.89. The fraction of sp³-hybridized carbons (Fsp3) is 0. The summed E-state index contributed by atoms with van der Waals surface area (Å²) in [5, 5.41) is 0. The molecule has 0 amide bonds. The fourth-order valence-electron chi connectivity index (χ4n) is 0.267. The van der Waals surface area contributed by atoms with Gasteiger partial charge in [-0.25, -0.2) is 4.98 Å². The molecule has 0 aliphatic heterocycles. The van der Waals surface area contributed by atoms with E-state index in [9.17, 15) is 4.39 Å². The molecule has 1 rings (SSSR count). The van der Waals surface area contributed by atoms with Gasteiger partial charge in [0, 0.05) is 6.20 Å². The Morgan fingerprint density at radius 2 is 2.50 bits per heavy atom. The lowest BCUT2D eigenvalue weighted by molar-refractivity contribution is 0.536. The number of aromatic nitrogens is 2. The van der Waals surface area contributed by atoms with Crippen LogP contribution in [0.15, 0.2) is 10.7 Å². The first kappa shape index (κ1) is 5.62. The van der Waals surface area contributed by atoms with Crippen molar-refractivity contribution < 1.29 is 4.39 Å². The molecule has 4 heteroatoms. The minimum absolute atomic E-state index is 0.555. The molecule has 0 saturated heterocycles. The molecule has 0 N–H and O–H groups in total. The molecule has 0 unspecified atom stereocenters. The van der Waals surface area contributed by atoms with E-state index in [1.165, 1.54) is 6.20 Å². The summed E-state index contributed by atoms with van der Waals surface area (Å²) in [5.74, 6) is 0. The largest absolute Gasteiger partial charge is 0.309 e. The maximum Gasteiger partial charge on any atom is 0.309 e. The van der Waals surface area contributed by atoms with Crippen molar-refractivity contribution in [1.82, 2.24) is 9.97 Å². The van der Waals surface area contributed by atoms with E-state index < -0.39 is 6.08 Å². The molecule has 8 heavy (non-hydrogen) atoms. The van der Waals surface area contributed by atoms with E-state index in [-0.39, 0.29) is 0 Å². The summed E-state index contributed by atoms with van der Waals surface area (Å²) < 4.78 is 12.4. The first-order valence-electron chi connectivity index (χ1n) is 1.85. The van der Waals surface area contributed by atoms with Gasteiger partial charge in [0.05, 0.1) is 4.47 Å². The van der Waals surface area contributed by atoms with Gasteiger partial charge in [-0.3, -0.25) is 0 Å². The topological polar surface area (TPSA) is 25.8 Å². The maximum atomic E-state index is 11.8. The number of hydrogen-bond donors (Lipinski definition) is 0. The van der Waals surface area contributed by atoms with Crippen LogP contribution in [0.5, 0.6) is 0 Å². The van der Waals surface area contributed by atoms with Gasteiger partial charge in [0.1, 0.15) is 6.20 Å². The van der Waals surface area contributed by atoms with Crippen LogP contribution in [0.25, 0.3) is 0 Å². The Balaban J connectivity index is 3.03. The molecule has 0 spiro atoms. The van der Waals surface area contributed by atoms with Gasteiger partial charge in [0.25, 0.3) is 0 Å². The Kier molecular flexibility index (Phi) is 1.53. The smallest absolute Gasteiger partial charge is 0.210 e. The highest BCUT2D eigenvalue weighted by atomic mass is 79.9. The van der Waals surface area contributed by atoms with Gasteiger partial charge in [0.2, 0.25) is 0 Å². The van der Waals surface area contributed by atoms with Gasteiger partial charge in [0.15, 0.2) is 0 Å². The lowest BCUT2D eigenvalue weighted by atomic mass is 10.7. The molecular weight excluding hydrogens is 175 g/mol. The zero-order valence-electron chi connectivity index (χ0n) is 3.73. The second-order valence-electron chi connectivity index (χ2n) is 1.10. The van der Waals surface area contributed by atoms with Crippen LogP contribution in [-0.2, 0) is 0 Å². The predicted molar refractivity (Wildman–Crippen MR) is 28.5 cm³/mol. The highest BCUT2D eigenvalue weighted by molar-refractivity contribution is 9.10. The SMILES string of the molecule is Fc1n[c]c(Br)cn1. The third-order valence-corrected chi connectivity index (χ3v) is 0.921. The van der Waals surface area contributed by atoms with Crippen LogP contribution in [-0.4, -0.2) is 9.97 Å². The Bertz CT molecular complexity index is 153. The Morgan fingerprint density at radius 3 is 2.88 bits per heavy atom. The molecule has 1 aromatic heterocycles.